The summed E-state index contributed by atoms with van der Waals surface area (Å²) in [7, 11) is 0. The topological polar surface area (TPSA) is 67.5 Å². The van der Waals surface area contributed by atoms with Crippen LogP contribution in [0.1, 0.15) is 76.4 Å². The minimum atomic E-state index is -0.191. The normalized spacial score (nSPS) is 12.4. The van der Waals surface area contributed by atoms with Crippen LogP contribution in [0.2, 0.25) is 0 Å². The molecule has 0 radical (unpaired) electrons. The van der Waals surface area contributed by atoms with Gasteiger partial charge in [-0.05, 0) is 49.4 Å². The molecule has 2 amide bonds. The maximum absolute atomic E-state index is 12.6. The van der Waals surface area contributed by atoms with Crippen LogP contribution < -0.4 is 5.32 Å². The van der Waals surface area contributed by atoms with Crippen LogP contribution in [0.3, 0.4) is 0 Å². The van der Waals surface area contributed by atoms with Gasteiger partial charge in [0.15, 0.2) is 5.76 Å². The predicted molar refractivity (Wildman–Crippen MR) is 119 cm³/mol. The zero-order valence-corrected chi connectivity index (χ0v) is 19.3. The second-order valence-corrected chi connectivity index (χ2v) is 8.81. The second kappa shape index (κ2) is 11.0. The van der Waals surface area contributed by atoms with E-state index in [9.17, 15) is 9.59 Å². The summed E-state index contributed by atoms with van der Waals surface area (Å²) in [5.41, 5.74) is 1.05. The third-order valence-corrected chi connectivity index (χ3v) is 5.28. The molecule has 6 heteroatoms. The van der Waals surface area contributed by atoms with E-state index in [-0.39, 0.29) is 17.9 Å². The van der Waals surface area contributed by atoms with E-state index in [2.05, 4.69) is 44.5 Å². The molecular formula is C24H37N3O3. The molecule has 166 valence electrons. The van der Waals surface area contributed by atoms with Gasteiger partial charge in [-0.25, -0.2) is 0 Å². The van der Waals surface area contributed by atoms with Crippen molar-refractivity contribution in [2.75, 3.05) is 6.54 Å². The fraction of sp³-hybridized carbons (Fsp3) is 0.583. The molecule has 0 saturated carbocycles. The Kier molecular flexibility index (Phi) is 8.75. The third kappa shape index (κ3) is 6.78. The SMILES string of the molecule is CCCN(Cc1cccn1Cc1ccc(C(=O)N[C@H](C)C(C)C)o1)C(=O)CC(C)C. The summed E-state index contributed by atoms with van der Waals surface area (Å²) < 4.78 is 7.87. The molecule has 2 aromatic heterocycles. The van der Waals surface area contributed by atoms with Gasteiger partial charge >= 0.3 is 0 Å². The molecule has 2 rings (SSSR count). The Morgan fingerprint density at radius 2 is 1.87 bits per heavy atom. The van der Waals surface area contributed by atoms with Crippen LogP contribution in [0.4, 0.5) is 0 Å². The van der Waals surface area contributed by atoms with Gasteiger partial charge in [-0.15, -0.1) is 0 Å². The molecule has 0 unspecified atom stereocenters. The quantitative estimate of drug-likeness (QED) is 0.579. The van der Waals surface area contributed by atoms with Crippen molar-refractivity contribution in [3.05, 3.63) is 47.7 Å². The van der Waals surface area contributed by atoms with Crippen molar-refractivity contribution >= 4 is 11.8 Å². The van der Waals surface area contributed by atoms with Gasteiger partial charge in [0.25, 0.3) is 5.91 Å². The van der Waals surface area contributed by atoms with Crippen molar-refractivity contribution in [2.24, 2.45) is 11.8 Å². The van der Waals surface area contributed by atoms with Gasteiger partial charge in [-0.3, -0.25) is 9.59 Å². The number of hydrogen-bond acceptors (Lipinski definition) is 3. The standard InChI is InChI=1S/C24H37N3O3/c1-7-12-27(23(28)14-17(2)3)15-20-9-8-13-26(20)16-21-10-11-22(30-21)24(29)25-19(6)18(4)5/h8-11,13,17-19H,7,12,14-16H2,1-6H3,(H,25,29)/t19-/m1/s1. The lowest BCUT2D eigenvalue weighted by Crippen LogP contribution is -2.35. The van der Waals surface area contributed by atoms with Crippen molar-refractivity contribution in [3.8, 4) is 0 Å². The van der Waals surface area contributed by atoms with E-state index in [4.69, 9.17) is 4.42 Å². The minimum Gasteiger partial charge on any atom is -0.454 e. The Hall–Kier alpha value is -2.50. The van der Waals surface area contributed by atoms with Crippen LogP contribution in [-0.2, 0) is 17.9 Å². The highest BCUT2D eigenvalue weighted by Crippen LogP contribution is 2.15. The van der Waals surface area contributed by atoms with Crippen LogP contribution in [0, 0.1) is 11.8 Å². The molecule has 30 heavy (non-hydrogen) atoms. The summed E-state index contributed by atoms with van der Waals surface area (Å²) >= 11 is 0. The summed E-state index contributed by atoms with van der Waals surface area (Å²) in [4.78, 5) is 26.9. The number of carbonyl (C=O) groups excluding carboxylic acids is 2. The number of aromatic nitrogens is 1. The van der Waals surface area contributed by atoms with Gasteiger partial charge in [-0.1, -0.05) is 34.6 Å². The van der Waals surface area contributed by atoms with Crippen molar-refractivity contribution in [3.63, 3.8) is 0 Å². The van der Waals surface area contributed by atoms with Crippen molar-refractivity contribution in [1.29, 1.82) is 0 Å². The number of nitrogens with one attached hydrogen (secondary N) is 1. The number of furan rings is 1. The summed E-state index contributed by atoms with van der Waals surface area (Å²) in [6, 6.07) is 7.65. The fourth-order valence-corrected chi connectivity index (χ4v) is 3.18. The third-order valence-electron chi connectivity index (χ3n) is 5.28. The first-order valence-corrected chi connectivity index (χ1v) is 11.0. The molecule has 1 atom stereocenters. The fourth-order valence-electron chi connectivity index (χ4n) is 3.18. The highest BCUT2D eigenvalue weighted by Gasteiger charge is 2.18. The predicted octanol–water partition coefficient (Wildman–Crippen LogP) is 4.69. The lowest BCUT2D eigenvalue weighted by Gasteiger charge is -2.24. The van der Waals surface area contributed by atoms with Gasteiger partial charge in [0.1, 0.15) is 5.76 Å². The zero-order valence-electron chi connectivity index (χ0n) is 19.3. The second-order valence-electron chi connectivity index (χ2n) is 8.81. The molecule has 0 aromatic carbocycles. The molecular weight excluding hydrogens is 378 g/mol. The molecule has 0 aliphatic rings. The van der Waals surface area contributed by atoms with Crippen molar-refractivity contribution < 1.29 is 14.0 Å². The Morgan fingerprint density at radius 1 is 1.13 bits per heavy atom. The molecule has 0 aliphatic heterocycles. The first kappa shape index (κ1) is 23.8. The van der Waals surface area contributed by atoms with Crippen molar-refractivity contribution in [2.45, 2.75) is 73.5 Å². The van der Waals surface area contributed by atoms with Crippen LogP contribution in [-0.4, -0.2) is 33.9 Å². The number of amides is 2. The molecule has 1 N–H and O–H groups in total. The first-order valence-electron chi connectivity index (χ1n) is 11.0. The van der Waals surface area contributed by atoms with Crippen LogP contribution in [0.25, 0.3) is 0 Å². The van der Waals surface area contributed by atoms with Gasteiger partial charge < -0.3 is 19.2 Å². The molecule has 0 aliphatic carbocycles. The Morgan fingerprint density at radius 3 is 2.50 bits per heavy atom. The smallest absolute Gasteiger partial charge is 0.287 e. The highest BCUT2D eigenvalue weighted by molar-refractivity contribution is 5.91. The lowest BCUT2D eigenvalue weighted by atomic mass is 10.1. The van der Waals surface area contributed by atoms with Crippen molar-refractivity contribution in [1.82, 2.24) is 14.8 Å². The Balaban J connectivity index is 2.06. The average molecular weight is 416 g/mol. The molecule has 0 fully saturated rings. The number of nitrogens with zero attached hydrogens (tertiary/aromatic N) is 2. The van der Waals surface area contributed by atoms with E-state index < -0.39 is 0 Å². The van der Waals surface area contributed by atoms with Crippen LogP contribution >= 0.6 is 0 Å². The molecule has 0 bridgehead atoms. The summed E-state index contributed by atoms with van der Waals surface area (Å²) in [6.45, 7) is 14.2. The number of hydrogen-bond donors (Lipinski definition) is 1. The maximum atomic E-state index is 12.6. The van der Waals surface area contributed by atoms with Gasteiger partial charge in [0.2, 0.25) is 5.91 Å². The molecule has 2 heterocycles. The number of carbonyl (C=O) groups is 2. The largest absolute Gasteiger partial charge is 0.454 e. The summed E-state index contributed by atoms with van der Waals surface area (Å²) in [5, 5.41) is 2.96. The van der Waals surface area contributed by atoms with E-state index in [0.29, 0.717) is 42.9 Å². The monoisotopic (exact) mass is 415 g/mol. The molecule has 0 saturated heterocycles. The molecule has 0 spiro atoms. The van der Waals surface area contributed by atoms with E-state index in [1.807, 2.05) is 36.2 Å². The lowest BCUT2D eigenvalue weighted by molar-refractivity contribution is -0.132. The molecule has 2 aromatic rings. The van der Waals surface area contributed by atoms with E-state index >= 15 is 0 Å². The van der Waals surface area contributed by atoms with Crippen LogP contribution in [0.15, 0.2) is 34.9 Å². The highest BCUT2D eigenvalue weighted by atomic mass is 16.4. The van der Waals surface area contributed by atoms with Gasteiger partial charge in [0, 0.05) is 30.9 Å². The first-order chi connectivity index (χ1) is 14.2. The zero-order chi connectivity index (χ0) is 22.3. The van der Waals surface area contributed by atoms with E-state index in [0.717, 1.165) is 18.7 Å². The number of rotatable bonds is 11. The Labute approximate surface area is 180 Å². The maximum Gasteiger partial charge on any atom is 0.287 e. The summed E-state index contributed by atoms with van der Waals surface area (Å²) in [5.74, 6) is 1.74. The van der Waals surface area contributed by atoms with Crippen LogP contribution in [0.5, 0.6) is 0 Å². The Bertz CT molecular complexity index is 819. The summed E-state index contributed by atoms with van der Waals surface area (Å²) in [6.07, 6.45) is 3.47. The average Bonchev–Trinajstić information content (AvgIpc) is 3.30. The van der Waals surface area contributed by atoms with Gasteiger partial charge in [0.05, 0.1) is 13.1 Å². The van der Waals surface area contributed by atoms with E-state index in [1.165, 1.54) is 0 Å². The molecule has 6 nitrogen and oxygen atoms in total. The minimum absolute atomic E-state index is 0.0787. The van der Waals surface area contributed by atoms with Gasteiger partial charge in [-0.2, -0.15) is 0 Å². The van der Waals surface area contributed by atoms with E-state index in [1.54, 1.807) is 6.07 Å².